The van der Waals surface area contributed by atoms with E-state index >= 15 is 0 Å². The highest BCUT2D eigenvalue weighted by atomic mass is 79.9. The predicted octanol–water partition coefficient (Wildman–Crippen LogP) is 3.48. The molecule has 6 rings (SSSR count). The summed E-state index contributed by atoms with van der Waals surface area (Å²) < 4.78 is 0. The van der Waals surface area contributed by atoms with Crippen LogP contribution in [0.1, 0.15) is 42.7 Å². The van der Waals surface area contributed by atoms with Crippen LogP contribution in [0.15, 0.2) is 115 Å². The summed E-state index contributed by atoms with van der Waals surface area (Å²) in [6.07, 6.45) is 2.86. The second-order valence-electron chi connectivity index (χ2n) is 8.85. The average Bonchev–Trinajstić information content (AvgIpc) is 3.40. The van der Waals surface area contributed by atoms with Crippen LogP contribution in [0.5, 0.6) is 0 Å². The quantitative estimate of drug-likeness (QED) is 0.378. The Bertz CT molecular complexity index is 1020. The van der Waals surface area contributed by atoms with Gasteiger partial charge in [-0.2, -0.15) is 0 Å². The molecule has 32 heavy (non-hydrogen) atoms. The lowest BCUT2D eigenvalue weighted by atomic mass is 9.85. The lowest BCUT2D eigenvalue weighted by molar-refractivity contribution is -0.00000604. The maximum absolute atomic E-state index is 2.40. The highest BCUT2D eigenvalue weighted by molar-refractivity contribution is 7.79. The zero-order valence-electron chi connectivity index (χ0n) is 18.5. The van der Waals surface area contributed by atoms with Gasteiger partial charge in [0, 0.05) is 0 Å². The van der Waals surface area contributed by atoms with Gasteiger partial charge in [-0.05, 0) is 78.1 Å². The normalized spacial score (nSPS) is 20.1. The lowest BCUT2D eigenvalue weighted by Gasteiger charge is -2.20. The Morgan fingerprint density at radius 3 is 1.41 bits per heavy atom. The van der Waals surface area contributed by atoms with Gasteiger partial charge in [0.25, 0.3) is 0 Å². The smallest absolute Gasteiger partial charge is 0.102 e. The summed E-state index contributed by atoms with van der Waals surface area (Å²) >= 11 is 0. The molecule has 0 nitrogen and oxygen atoms in total. The Kier molecular flexibility index (Phi) is 7.61. The number of hydrogen-bond acceptors (Lipinski definition) is 0. The molecule has 2 heteroatoms. The molecular formula is C30H30BrP. The minimum atomic E-state index is -0.877. The first-order valence-corrected chi connectivity index (χ1v) is 12.9. The lowest BCUT2D eigenvalue weighted by Crippen LogP contribution is -3.00. The van der Waals surface area contributed by atoms with Crippen LogP contribution in [0.2, 0.25) is 0 Å². The van der Waals surface area contributed by atoms with Crippen LogP contribution >= 0.6 is 7.92 Å². The third kappa shape index (κ3) is 4.75. The maximum Gasteiger partial charge on any atom is 0.102 e. The van der Waals surface area contributed by atoms with Crippen molar-refractivity contribution in [1.82, 2.24) is 0 Å². The monoisotopic (exact) mass is 500 g/mol. The van der Waals surface area contributed by atoms with Crippen molar-refractivity contribution in [3.05, 3.63) is 126 Å². The molecule has 0 spiro atoms. The molecule has 0 N–H and O–H groups in total. The van der Waals surface area contributed by atoms with E-state index < -0.39 is 7.92 Å². The van der Waals surface area contributed by atoms with E-state index in [0.29, 0.717) is 0 Å². The Morgan fingerprint density at radius 1 is 0.531 bits per heavy atom. The van der Waals surface area contributed by atoms with Crippen molar-refractivity contribution < 1.29 is 17.0 Å². The maximum atomic E-state index is 2.40. The zero-order chi connectivity index (χ0) is 21.0. The number of rotatable bonds is 3. The van der Waals surface area contributed by atoms with E-state index in [4.69, 9.17) is 0 Å². The second kappa shape index (κ2) is 10.6. The first-order chi connectivity index (χ1) is 15.3. The fourth-order valence-corrected chi connectivity index (χ4v) is 8.05. The van der Waals surface area contributed by atoms with Crippen molar-refractivity contribution >= 4 is 23.8 Å². The van der Waals surface area contributed by atoms with Crippen LogP contribution in [-0.2, 0) is 0 Å². The fraction of sp³-hybridized carbons (Fsp3) is 0.200. The first kappa shape index (κ1) is 23.0. The summed E-state index contributed by atoms with van der Waals surface area (Å²) in [5.41, 5.74) is 3.31. The van der Waals surface area contributed by atoms with Crippen molar-refractivity contribution in [3.8, 4) is 0 Å². The van der Waals surface area contributed by atoms with Crippen molar-refractivity contribution in [3.63, 3.8) is 0 Å². The standard InChI is InChI=1S/C18H15P.C12H14.BrH/c1-4-10-16(11-5-1)19(17-12-6-2-7-13-17)18-14-8-3-9-15-18;1-8-6-9-7-12(8)11-5-3-2-4-10(9)11;/h1-15H;2-5,8-9,12H,6-7H2,1H3;1H. The molecule has 2 aliphatic carbocycles. The van der Waals surface area contributed by atoms with E-state index in [1.807, 2.05) is 0 Å². The SMILES string of the molecule is CC1CC2CC1c1ccccc12.[Br-].c1ccc([PH+](c2ccccc2)c2ccccc2)cc1. The van der Waals surface area contributed by atoms with Gasteiger partial charge in [-0.1, -0.05) is 85.8 Å². The largest absolute Gasteiger partial charge is 1.00 e. The summed E-state index contributed by atoms with van der Waals surface area (Å²) in [6.45, 7) is 2.40. The van der Waals surface area contributed by atoms with Gasteiger partial charge in [-0.15, -0.1) is 0 Å². The number of hydrogen-bond donors (Lipinski definition) is 0. The molecule has 0 amide bonds. The molecule has 4 aromatic rings. The van der Waals surface area contributed by atoms with Crippen LogP contribution in [0, 0.1) is 5.92 Å². The molecule has 2 aliphatic rings. The van der Waals surface area contributed by atoms with Gasteiger partial charge in [0.15, 0.2) is 0 Å². The number of fused-ring (bicyclic) bond motifs is 5. The second-order valence-corrected chi connectivity index (χ2v) is 11.3. The van der Waals surface area contributed by atoms with Crippen LogP contribution in [0.3, 0.4) is 0 Å². The molecule has 3 atom stereocenters. The van der Waals surface area contributed by atoms with E-state index in [-0.39, 0.29) is 17.0 Å². The van der Waals surface area contributed by atoms with Crippen molar-refractivity contribution in [2.75, 3.05) is 0 Å². The summed E-state index contributed by atoms with van der Waals surface area (Å²) in [4.78, 5) is 0. The van der Waals surface area contributed by atoms with Crippen molar-refractivity contribution in [2.24, 2.45) is 5.92 Å². The molecule has 162 valence electrons. The van der Waals surface area contributed by atoms with Gasteiger partial charge < -0.3 is 17.0 Å². The molecule has 2 bridgehead atoms. The number of halogens is 1. The van der Waals surface area contributed by atoms with Gasteiger partial charge in [0.1, 0.15) is 15.9 Å². The Morgan fingerprint density at radius 2 is 0.938 bits per heavy atom. The topological polar surface area (TPSA) is 0 Å². The average molecular weight is 501 g/mol. The van der Waals surface area contributed by atoms with Gasteiger partial charge in [0.05, 0.1) is 7.92 Å². The Labute approximate surface area is 204 Å². The molecule has 0 radical (unpaired) electrons. The van der Waals surface area contributed by atoms with Gasteiger partial charge in [-0.25, -0.2) is 0 Å². The Balaban J connectivity index is 0.000000162. The fourth-order valence-electron chi connectivity index (χ4n) is 5.47. The van der Waals surface area contributed by atoms with Crippen LogP contribution < -0.4 is 32.9 Å². The molecular weight excluding hydrogens is 471 g/mol. The minimum Gasteiger partial charge on any atom is -1.00 e. The van der Waals surface area contributed by atoms with E-state index in [1.54, 1.807) is 11.1 Å². The molecule has 1 fully saturated rings. The summed E-state index contributed by atoms with van der Waals surface area (Å²) in [5.74, 6) is 2.73. The molecule has 0 aliphatic heterocycles. The molecule has 0 aromatic heterocycles. The van der Waals surface area contributed by atoms with E-state index in [9.17, 15) is 0 Å². The molecule has 4 aromatic carbocycles. The van der Waals surface area contributed by atoms with Crippen LogP contribution in [0.25, 0.3) is 0 Å². The minimum absolute atomic E-state index is 0. The molecule has 0 saturated heterocycles. The first-order valence-electron chi connectivity index (χ1n) is 11.4. The summed E-state index contributed by atoms with van der Waals surface area (Å²) in [7, 11) is -0.877. The molecule has 0 heterocycles. The third-order valence-corrected chi connectivity index (χ3v) is 9.64. The summed E-state index contributed by atoms with van der Waals surface area (Å²) in [5, 5.41) is 4.31. The predicted molar refractivity (Wildman–Crippen MR) is 137 cm³/mol. The zero-order valence-corrected chi connectivity index (χ0v) is 21.1. The van der Waals surface area contributed by atoms with E-state index in [0.717, 1.165) is 17.8 Å². The number of benzene rings is 4. The highest BCUT2D eigenvalue weighted by Crippen LogP contribution is 2.55. The van der Waals surface area contributed by atoms with E-state index in [2.05, 4.69) is 122 Å². The molecule has 1 saturated carbocycles. The third-order valence-electron chi connectivity index (χ3n) is 6.90. The van der Waals surface area contributed by atoms with Crippen LogP contribution in [-0.4, -0.2) is 0 Å². The summed E-state index contributed by atoms with van der Waals surface area (Å²) in [6, 6.07) is 41.5. The van der Waals surface area contributed by atoms with E-state index in [1.165, 1.54) is 28.8 Å². The van der Waals surface area contributed by atoms with Gasteiger partial charge in [0.2, 0.25) is 0 Å². The molecule has 3 unspecified atom stereocenters. The van der Waals surface area contributed by atoms with Crippen LogP contribution in [0.4, 0.5) is 0 Å². The van der Waals surface area contributed by atoms with Gasteiger partial charge >= 0.3 is 0 Å². The Hall–Kier alpha value is -2.21. The van der Waals surface area contributed by atoms with Gasteiger partial charge in [-0.3, -0.25) is 0 Å². The van der Waals surface area contributed by atoms with Crippen molar-refractivity contribution in [1.29, 1.82) is 0 Å². The highest BCUT2D eigenvalue weighted by Gasteiger charge is 2.40. The van der Waals surface area contributed by atoms with Crippen molar-refractivity contribution in [2.45, 2.75) is 31.6 Å².